The van der Waals surface area contributed by atoms with Gasteiger partial charge < -0.3 is 9.47 Å². The Labute approximate surface area is 278 Å². The van der Waals surface area contributed by atoms with E-state index in [4.69, 9.17) is 9.47 Å². The van der Waals surface area contributed by atoms with Crippen LogP contribution < -0.4 is 19.3 Å². The van der Waals surface area contributed by atoms with Gasteiger partial charge in [0.25, 0.3) is 0 Å². The zero-order valence-electron chi connectivity index (χ0n) is 26.8. The molecule has 8 heteroatoms. The Morgan fingerprint density at radius 2 is 0.958 bits per heavy atom. The monoisotopic (exact) mass is 638 g/mol. The topological polar surface area (TPSA) is 93.2 Å². The zero-order valence-corrected chi connectivity index (χ0v) is 26.8. The van der Waals surface area contributed by atoms with E-state index in [0.717, 1.165) is 22.3 Å². The van der Waals surface area contributed by atoms with Crippen LogP contribution in [0, 0.1) is 35.0 Å². The predicted octanol–water partition coefficient (Wildman–Crippen LogP) is 6.27. The molecule has 240 valence electrons. The Kier molecular flexibility index (Phi) is 6.87. The summed E-state index contributed by atoms with van der Waals surface area (Å²) in [4.78, 5) is 62.0. The Hall–Kier alpha value is -5.50. The van der Waals surface area contributed by atoms with Crippen LogP contribution in [-0.4, -0.2) is 37.8 Å². The van der Waals surface area contributed by atoms with Crippen molar-refractivity contribution in [2.45, 2.75) is 13.3 Å². The lowest BCUT2D eigenvalue weighted by molar-refractivity contribution is -0.145. The summed E-state index contributed by atoms with van der Waals surface area (Å²) in [6.45, 7) is 1.98. The van der Waals surface area contributed by atoms with Gasteiger partial charge in [0.05, 0.1) is 49.3 Å². The van der Waals surface area contributed by atoms with E-state index in [0.29, 0.717) is 29.3 Å². The summed E-state index contributed by atoms with van der Waals surface area (Å²) < 4.78 is 10.7. The first kappa shape index (κ1) is 29.9. The van der Waals surface area contributed by atoms with Crippen molar-refractivity contribution in [1.29, 1.82) is 0 Å². The Bertz CT molecular complexity index is 1900. The van der Waals surface area contributed by atoms with E-state index in [1.165, 1.54) is 9.80 Å². The lowest BCUT2D eigenvalue weighted by Crippen LogP contribution is -2.60. The average Bonchev–Trinajstić information content (AvgIpc) is 3.57. The van der Waals surface area contributed by atoms with Gasteiger partial charge in [-0.05, 0) is 77.2 Å². The molecule has 0 radical (unpaired) electrons. The summed E-state index contributed by atoms with van der Waals surface area (Å²) in [6.07, 6.45) is 0.369. The molecule has 5 aliphatic rings. The van der Waals surface area contributed by atoms with Gasteiger partial charge in [-0.15, -0.1) is 0 Å². The third-order valence-electron chi connectivity index (χ3n) is 11.0. The van der Waals surface area contributed by atoms with Gasteiger partial charge in [0.15, 0.2) is 0 Å². The molecule has 8 nitrogen and oxygen atoms in total. The molecule has 0 spiro atoms. The SMILES string of the molecule is CCC12C(c3ccccc3)=C(c3ccccc3)C([C@@H]3C(=O)N(c4ccc(OC)cc4)C(=O)[C@H]31)[C@@H]1C(=O)N(c3ccc(OC)cc3)C(=O)[C@@H]12. The number of rotatable bonds is 7. The number of ether oxygens (including phenoxy) is 2. The van der Waals surface area contributed by atoms with Crippen LogP contribution in [-0.2, 0) is 19.2 Å². The molecule has 4 amide bonds. The highest BCUT2D eigenvalue weighted by atomic mass is 16.5. The van der Waals surface area contributed by atoms with Crippen molar-refractivity contribution >= 4 is 46.1 Å². The van der Waals surface area contributed by atoms with Crippen molar-refractivity contribution in [2.24, 2.45) is 35.0 Å². The first-order valence-electron chi connectivity index (χ1n) is 16.3. The minimum absolute atomic E-state index is 0.343. The molecule has 3 aliphatic carbocycles. The maximum atomic E-state index is 14.9. The Morgan fingerprint density at radius 1 is 0.542 bits per heavy atom. The highest BCUT2D eigenvalue weighted by molar-refractivity contribution is 6.29. The minimum atomic E-state index is -1.15. The van der Waals surface area contributed by atoms with Crippen LogP contribution in [0.25, 0.3) is 11.1 Å². The van der Waals surface area contributed by atoms with Gasteiger partial charge in [-0.25, -0.2) is 0 Å². The van der Waals surface area contributed by atoms with E-state index < -0.39 is 35.0 Å². The lowest BCUT2D eigenvalue weighted by Gasteiger charge is -2.58. The van der Waals surface area contributed by atoms with Crippen molar-refractivity contribution in [1.82, 2.24) is 0 Å². The highest BCUT2D eigenvalue weighted by Gasteiger charge is 2.77. The number of carbonyl (C=O) groups excluding carboxylic acids is 4. The number of imide groups is 2. The first-order chi connectivity index (χ1) is 23.4. The van der Waals surface area contributed by atoms with Crippen molar-refractivity contribution < 1.29 is 28.7 Å². The molecule has 48 heavy (non-hydrogen) atoms. The van der Waals surface area contributed by atoms with Crippen molar-refractivity contribution in [3.05, 3.63) is 120 Å². The largest absolute Gasteiger partial charge is 0.497 e. The van der Waals surface area contributed by atoms with E-state index in [-0.39, 0.29) is 23.6 Å². The molecule has 3 fully saturated rings. The first-order valence-corrected chi connectivity index (χ1v) is 16.3. The van der Waals surface area contributed by atoms with E-state index in [1.54, 1.807) is 62.8 Å². The number of methoxy groups -OCH3 is 2. The van der Waals surface area contributed by atoms with Gasteiger partial charge >= 0.3 is 0 Å². The molecule has 1 saturated carbocycles. The molecule has 2 unspecified atom stereocenters. The number of benzene rings is 4. The van der Waals surface area contributed by atoms with Gasteiger partial charge in [0, 0.05) is 11.3 Å². The average molecular weight is 639 g/mol. The maximum absolute atomic E-state index is 14.9. The van der Waals surface area contributed by atoms with Crippen LogP contribution in [0.15, 0.2) is 109 Å². The summed E-state index contributed by atoms with van der Waals surface area (Å²) in [7, 11) is 3.12. The maximum Gasteiger partial charge on any atom is 0.238 e. The minimum Gasteiger partial charge on any atom is -0.497 e. The van der Waals surface area contributed by atoms with E-state index >= 15 is 0 Å². The van der Waals surface area contributed by atoms with Crippen LogP contribution in [0.5, 0.6) is 11.5 Å². The number of amides is 4. The third kappa shape index (κ3) is 3.89. The molecule has 2 saturated heterocycles. The van der Waals surface area contributed by atoms with E-state index in [9.17, 15) is 19.2 Å². The van der Waals surface area contributed by atoms with Gasteiger partial charge in [-0.2, -0.15) is 0 Å². The Balaban J connectivity index is 1.40. The molecular weight excluding hydrogens is 604 g/mol. The van der Waals surface area contributed by atoms with E-state index in [1.807, 2.05) is 67.6 Å². The third-order valence-corrected chi connectivity index (χ3v) is 11.0. The molecule has 9 rings (SSSR count). The van der Waals surface area contributed by atoms with Crippen LogP contribution in [0.2, 0.25) is 0 Å². The second-order valence-corrected chi connectivity index (χ2v) is 12.9. The summed E-state index contributed by atoms with van der Waals surface area (Å²) in [5.41, 5.74) is 3.22. The van der Waals surface area contributed by atoms with Crippen molar-refractivity contribution in [2.75, 3.05) is 24.0 Å². The van der Waals surface area contributed by atoms with Crippen LogP contribution >= 0.6 is 0 Å². The normalized spacial score (nSPS) is 27.4. The van der Waals surface area contributed by atoms with Crippen LogP contribution in [0.4, 0.5) is 11.4 Å². The van der Waals surface area contributed by atoms with Crippen LogP contribution in [0.3, 0.4) is 0 Å². The summed E-state index contributed by atoms with van der Waals surface area (Å²) >= 11 is 0. The summed E-state index contributed by atoms with van der Waals surface area (Å²) in [5, 5.41) is 0. The van der Waals surface area contributed by atoms with Gasteiger partial charge in [0.2, 0.25) is 23.6 Å². The van der Waals surface area contributed by atoms with Gasteiger partial charge in [-0.1, -0.05) is 67.6 Å². The fourth-order valence-corrected chi connectivity index (χ4v) is 9.27. The highest BCUT2D eigenvalue weighted by Crippen LogP contribution is 2.73. The lowest BCUT2D eigenvalue weighted by atomic mass is 9.40. The van der Waals surface area contributed by atoms with Crippen molar-refractivity contribution in [3.63, 3.8) is 0 Å². The number of anilines is 2. The zero-order chi connectivity index (χ0) is 33.3. The number of allylic oxidation sites excluding steroid dienone is 2. The molecular formula is C40H34N2O6. The molecule has 4 aromatic carbocycles. The predicted molar refractivity (Wildman–Crippen MR) is 181 cm³/mol. The molecule has 6 atom stereocenters. The fourth-order valence-electron chi connectivity index (χ4n) is 9.27. The van der Waals surface area contributed by atoms with Gasteiger partial charge in [0.1, 0.15) is 11.5 Å². The molecule has 2 bridgehead atoms. The molecule has 0 N–H and O–H groups in total. The summed E-state index contributed by atoms with van der Waals surface area (Å²) in [6, 6.07) is 33.4. The quantitative estimate of drug-likeness (QED) is 0.222. The molecule has 2 heterocycles. The molecule has 0 aromatic heterocycles. The second-order valence-electron chi connectivity index (χ2n) is 12.9. The van der Waals surface area contributed by atoms with Crippen LogP contribution in [0.1, 0.15) is 24.5 Å². The number of hydrogen-bond donors (Lipinski definition) is 0. The van der Waals surface area contributed by atoms with Gasteiger partial charge in [-0.3, -0.25) is 29.0 Å². The fraction of sp³-hybridized carbons (Fsp3) is 0.250. The van der Waals surface area contributed by atoms with Crippen molar-refractivity contribution in [3.8, 4) is 11.5 Å². The summed E-state index contributed by atoms with van der Waals surface area (Å²) in [5.74, 6) is -4.27. The number of hydrogen-bond acceptors (Lipinski definition) is 6. The Morgan fingerprint density at radius 3 is 1.35 bits per heavy atom. The van der Waals surface area contributed by atoms with E-state index in [2.05, 4.69) is 0 Å². The molecule has 4 aromatic rings. The number of carbonyl (C=O) groups is 4. The molecule has 2 aliphatic heterocycles. The standard InChI is InChI=1S/C40H34N2O6/c1-4-40-33(24-13-9-6-10-14-24)29(23-11-7-5-8-12-23)30(31-34(40)38(45)41(36(31)43)25-15-19-27(47-2)20-16-25)32-35(40)39(46)42(37(32)44)26-17-21-28(48-3)22-18-26/h5-22,30-32,34-35H,4H2,1-3H3/t30?,31-,32-,34-,35+,40?/m0/s1. The number of nitrogens with zero attached hydrogens (tertiary/aromatic N) is 2. The second kappa shape index (κ2) is 11.0. The smallest absolute Gasteiger partial charge is 0.238 e.